The van der Waals surface area contributed by atoms with Gasteiger partial charge in [0.2, 0.25) is 0 Å². The van der Waals surface area contributed by atoms with E-state index in [2.05, 4.69) is 16.9 Å². The van der Waals surface area contributed by atoms with Gasteiger partial charge in [0.15, 0.2) is 0 Å². The molecule has 2 heterocycles. The monoisotopic (exact) mass is 353 g/mol. The van der Waals surface area contributed by atoms with Crippen molar-refractivity contribution in [2.45, 2.75) is 38.9 Å². The Hall–Kier alpha value is -1.37. The Morgan fingerprint density at radius 3 is 3.00 bits per heavy atom. The summed E-state index contributed by atoms with van der Waals surface area (Å²) >= 11 is 11.4. The number of ether oxygens (including phenoxy) is 1. The number of nitrogens with zero attached hydrogens (tertiary/aromatic N) is 3. The van der Waals surface area contributed by atoms with Crippen LogP contribution in [-0.4, -0.2) is 34.4 Å². The number of methoxy groups -OCH3 is 1. The van der Waals surface area contributed by atoms with Crippen molar-refractivity contribution in [1.29, 1.82) is 0 Å². The van der Waals surface area contributed by atoms with Crippen molar-refractivity contribution in [2.24, 2.45) is 0 Å². The van der Waals surface area contributed by atoms with Gasteiger partial charge in [0.1, 0.15) is 5.75 Å². The Morgan fingerprint density at radius 1 is 1.43 bits per heavy atom. The summed E-state index contributed by atoms with van der Waals surface area (Å²) in [6.45, 7) is 3.95. The Bertz CT molecular complexity index is 743. The van der Waals surface area contributed by atoms with Crippen LogP contribution in [0, 0.1) is 4.84 Å². The van der Waals surface area contributed by atoms with Crippen LogP contribution in [0.25, 0.3) is 11.5 Å². The predicted octanol–water partition coefficient (Wildman–Crippen LogP) is 4.37. The molecule has 0 bridgehead atoms. The SMILES string of the molecule is COc1ccc(Cl)cc1-c1nn(CN2CCCC[C@H]2C)c(=S)o1. The van der Waals surface area contributed by atoms with Crippen LogP contribution in [0.4, 0.5) is 0 Å². The average Bonchev–Trinajstić information content (AvgIpc) is 2.90. The molecule has 2 aromatic rings. The molecule has 0 radical (unpaired) electrons. The molecule has 1 aromatic heterocycles. The van der Waals surface area contributed by atoms with Crippen LogP contribution in [0.15, 0.2) is 22.6 Å². The zero-order chi connectivity index (χ0) is 16.4. The third kappa shape index (κ3) is 3.59. The zero-order valence-electron chi connectivity index (χ0n) is 13.3. The van der Waals surface area contributed by atoms with Gasteiger partial charge in [-0.1, -0.05) is 18.0 Å². The topological polar surface area (TPSA) is 43.4 Å². The van der Waals surface area contributed by atoms with Gasteiger partial charge in [-0.25, -0.2) is 4.68 Å². The molecule has 5 nitrogen and oxygen atoms in total. The molecular weight excluding hydrogens is 334 g/mol. The van der Waals surface area contributed by atoms with E-state index in [4.69, 9.17) is 33.0 Å². The van der Waals surface area contributed by atoms with Crippen molar-refractivity contribution in [3.8, 4) is 17.2 Å². The number of likely N-dealkylation sites (tertiary alicyclic amines) is 1. The minimum absolute atomic E-state index is 0.361. The van der Waals surface area contributed by atoms with Gasteiger partial charge < -0.3 is 9.15 Å². The van der Waals surface area contributed by atoms with Crippen LogP contribution in [0.2, 0.25) is 5.02 Å². The molecule has 7 heteroatoms. The van der Waals surface area contributed by atoms with Gasteiger partial charge in [0.25, 0.3) is 10.7 Å². The van der Waals surface area contributed by atoms with Gasteiger partial charge in [0.05, 0.1) is 19.3 Å². The van der Waals surface area contributed by atoms with E-state index in [1.807, 2.05) is 0 Å². The Morgan fingerprint density at radius 2 is 2.26 bits per heavy atom. The lowest BCUT2D eigenvalue weighted by molar-refractivity contribution is 0.113. The fourth-order valence-corrected chi connectivity index (χ4v) is 3.24. The van der Waals surface area contributed by atoms with Crippen molar-refractivity contribution in [3.05, 3.63) is 28.1 Å². The van der Waals surface area contributed by atoms with E-state index in [0.29, 0.717) is 39.8 Å². The summed E-state index contributed by atoms with van der Waals surface area (Å²) in [5.74, 6) is 1.09. The molecule has 1 aromatic carbocycles. The molecule has 1 aliphatic rings. The lowest BCUT2D eigenvalue weighted by Crippen LogP contribution is -2.38. The van der Waals surface area contributed by atoms with Crippen LogP contribution in [0.1, 0.15) is 26.2 Å². The normalized spacial score (nSPS) is 19.0. The quantitative estimate of drug-likeness (QED) is 0.764. The van der Waals surface area contributed by atoms with Gasteiger partial charge in [-0.3, -0.25) is 4.90 Å². The number of aromatic nitrogens is 2. The summed E-state index contributed by atoms with van der Waals surface area (Å²) in [6, 6.07) is 5.87. The van der Waals surface area contributed by atoms with Crippen molar-refractivity contribution < 1.29 is 9.15 Å². The first-order valence-electron chi connectivity index (χ1n) is 7.74. The molecule has 0 amide bonds. The van der Waals surface area contributed by atoms with E-state index in [-0.39, 0.29) is 0 Å². The second kappa shape index (κ2) is 7.03. The highest BCUT2D eigenvalue weighted by atomic mass is 35.5. The number of halogens is 1. The highest BCUT2D eigenvalue weighted by molar-refractivity contribution is 7.71. The van der Waals surface area contributed by atoms with E-state index in [1.54, 1.807) is 30.0 Å². The van der Waals surface area contributed by atoms with Crippen molar-refractivity contribution in [1.82, 2.24) is 14.7 Å². The summed E-state index contributed by atoms with van der Waals surface area (Å²) in [4.78, 5) is 2.74. The van der Waals surface area contributed by atoms with E-state index in [0.717, 1.165) is 6.54 Å². The molecule has 124 valence electrons. The summed E-state index contributed by atoms with van der Waals surface area (Å²) < 4.78 is 12.8. The number of hydrogen-bond donors (Lipinski definition) is 0. The second-order valence-electron chi connectivity index (χ2n) is 5.82. The fourth-order valence-electron chi connectivity index (χ4n) is 2.89. The molecule has 23 heavy (non-hydrogen) atoms. The first-order chi connectivity index (χ1) is 11.1. The standard InChI is InChI=1S/C16H20ClN3O2S/c1-11-5-3-4-8-19(11)10-20-16(23)22-15(18-20)13-9-12(17)6-7-14(13)21-2/h6-7,9,11H,3-5,8,10H2,1-2H3/t11-/m1/s1. The lowest BCUT2D eigenvalue weighted by Gasteiger charge is -2.32. The molecule has 0 aliphatic carbocycles. The van der Waals surface area contributed by atoms with E-state index in [1.165, 1.54) is 19.3 Å². The molecule has 0 saturated carbocycles. The number of rotatable bonds is 4. The third-order valence-electron chi connectivity index (χ3n) is 4.25. The third-order valence-corrected chi connectivity index (χ3v) is 4.78. The summed E-state index contributed by atoms with van der Waals surface area (Å²) in [5, 5.41) is 5.12. The minimum Gasteiger partial charge on any atom is -0.496 e. The number of benzene rings is 1. The Balaban J connectivity index is 1.89. The maximum absolute atomic E-state index is 6.08. The first-order valence-corrected chi connectivity index (χ1v) is 8.53. The van der Waals surface area contributed by atoms with Gasteiger partial charge in [-0.05, 0) is 50.2 Å². The number of piperidine rings is 1. The molecular formula is C16H20ClN3O2S. The van der Waals surface area contributed by atoms with Crippen molar-refractivity contribution >= 4 is 23.8 Å². The molecule has 1 aliphatic heterocycles. The fraction of sp³-hybridized carbons (Fsp3) is 0.500. The van der Waals surface area contributed by atoms with Crippen LogP contribution in [-0.2, 0) is 6.67 Å². The Kier molecular flexibility index (Phi) is 5.04. The van der Waals surface area contributed by atoms with Gasteiger partial charge in [0, 0.05) is 17.6 Å². The van der Waals surface area contributed by atoms with Crippen molar-refractivity contribution in [2.75, 3.05) is 13.7 Å². The maximum Gasteiger partial charge on any atom is 0.288 e. The minimum atomic E-state index is 0.361. The van der Waals surface area contributed by atoms with E-state index < -0.39 is 0 Å². The maximum atomic E-state index is 6.08. The van der Waals surface area contributed by atoms with Crippen LogP contribution in [0.3, 0.4) is 0 Å². The second-order valence-corrected chi connectivity index (χ2v) is 6.60. The highest BCUT2D eigenvalue weighted by Gasteiger charge is 2.20. The van der Waals surface area contributed by atoms with Crippen LogP contribution in [0.5, 0.6) is 5.75 Å². The molecule has 3 rings (SSSR count). The molecule has 0 unspecified atom stereocenters. The smallest absolute Gasteiger partial charge is 0.288 e. The molecule has 1 saturated heterocycles. The molecule has 0 N–H and O–H groups in total. The van der Waals surface area contributed by atoms with Gasteiger partial charge in [-0.2, -0.15) is 0 Å². The van der Waals surface area contributed by atoms with Crippen molar-refractivity contribution in [3.63, 3.8) is 0 Å². The predicted molar refractivity (Wildman–Crippen MR) is 92.3 cm³/mol. The average molecular weight is 354 g/mol. The van der Waals surface area contributed by atoms with Gasteiger partial charge >= 0.3 is 0 Å². The van der Waals surface area contributed by atoms with E-state index >= 15 is 0 Å². The largest absolute Gasteiger partial charge is 0.496 e. The summed E-state index contributed by atoms with van der Waals surface area (Å²) in [5.41, 5.74) is 0.705. The molecule has 1 fully saturated rings. The van der Waals surface area contributed by atoms with Crippen LogP contribution < -0.4 is 4.74 Å². The Labute approximate surface area is 145 Å². The van der Waals surface area contributed by atoms with Gasteiger partial charge in [-0.15, -0.1) is 5.10 Å². The van der Waals surface area contributed by atoms with Crippen LogP contribution >= 0.6 is 23.8 Å². The summed E-state index contributed by atoms with van der Waals surface area (Å²) in [7, 11) is 1.60. The highest BCUT2D eigenvalue weighted by Crippen LogP contribution is 2.31. The number of hydrogen-bond acceptors (Lipinski definition) is 5. The summed E-state index contributed by atoms with van der Waals surface area (Å²) in [6.07, 6.45) is 3.71. The molecule has 0 spiro atoms. The zero-order valence-corrected chi connectivity index (χ0v) is 14.9. The lowest BCUT2D eigenvalue weighted by atomic mass is 10.0. The first kappa shape index (κ1) is 16.5. The van der Waals surface area contributed by atoms with E-state index in [9.17, 15) is 0 Å². The molecule has 1 atom stereocenters.